The molecule has 0 saturated carbocycles. The van der Waals surface area contributed by atoms with Gasteiger partial charge in [-0.2, -0.15) is 0 Å². The second kappa shape index (κ2) is 5.75. The van der Waals surface area contributed by atoms with Crippen molar-refractivity contribution in [1.29, 1.82) is 0 Å². The van der Waals surface area contributed by atoms with Gasteiger partial charge in [0.05, 0.1) is 0 Å². The molecule has 1 N–H and O–H groups in total. The Kier molecular flexibility index (Phi) is 4.28. The molecular formula is C16H26N2. The van der Waals surface area contributed by atoms with Gasteiger partial charge in [-0.3, -0.25) is 0 Å². The van der Waals surface area contributed by atoms with E-state index in [1.165, 1.54) is 11.3 Å². The van der Waals surface area contributed by atoms with Crippen LogP contribution in [0.2, 0.25) is 0 Å². The summed E-state index contributed by atoms with van der Waals surface area (Å²) in [6.07, 6.45) is 1.11. The molecule has 0 aromatic heterocycles. The maximum atomic E-state index is 3.66. The Bertz CT molecular complexity index is 386. The van der Waals surface area contributed by atoms with Crippen molar-refractivity contribution in [1.82, 2.24) is 5.32 Å². The lowest BCUT2D eigenvalue weighted by Crippen LogP contribution is -2.57. The summed E-state index contributed by atoms with van der Waals surface area (Å²) in [7, 11) is 0. The molecule has 2 rings (SSSR count). The molecule has 100 valence electrons. The Morgan fingerprint density at radius 3 is 2.72 bits per heavy atom. The van der Waals surface area contributed by atoms with Gasteiger partial charge < -0.3 is 10.2 Å². The van der Waals surface area contributed by atoms with E-state index >= 15 is 0 Å². The van der Waals surface area contributed by atoms with Gasteiger partial charge in [-0.1, -0.05) is 39.0 Å². The molecule has 1 aliphatic rings. The minimum atomic E-state index is 0.577. The Labute approximate surface area is 111 Å². The maximum absolute atomic E-state index is 3.66. The number of aryl methyl sites for hydroxylation is 1. The number of nitrogens with zero attached hydrogens (tertiary/aromatic N) is 1. The highest BCUT2D eigenvalue weighted by molar-refractivity contribution is 5.55. The summed E-state index contributed by atoms with van der Waals surface area (Å²) in [4.78, 5) is 2.58. The van der Waals surface area contributed by atoms with Crippen molar-refractivity contribution in [3.8, 4) is 0 Å². The number of para-hydroxylation sites is 1. The van der Waals surface area contributed by atoms with E-state index in [2.05, 4.69) is 62.2 Å². The molecule has 0 radical (unpaired) electrons. The van der Waals surface area contributed by atoms with Gasteiger partial charge in [0.1, 0.15) is 0 Å². The first kappa shape index (κ1) is 13.4. The van der Waals surface area contributed by atoms with Crippen molar-refractivity contribution in [2.24, 2.45) is 5.92 Å². The van der Waals surface area contributed by atoms with Crippen LogP contribution in [0, 0.1) is 5.92 Å². The van der Waals surface area contributed by atoms with Gasteiger partial charge in [-0.25, -0.2) is 0 Å². The maximum Gasteiger partial charge on any atom is 0.0402 e. The zero-order valence-electron chi connectivity index (χ0n) is 12.1. The summed E-state index contributed by atoms with van der Waals surface area (Å²) in [6, 6.07) is 10.0. The molecule has 18 heavy (non-hydrogen) atoms. The van der Waals surface area contributed by atoms with E-state index < -0.39 is 0 Å². The first-order chi connectivity index (χ1) is 8.63. The van der Waals surface area contributed by atoms with Crippen LogP contribution in [-0.4, -0.2) is 25.2 Å². The third-order valence-corrected chi connectivity index (χ3v) is 4.09. The predicted molar refractivity (Wildman–Crippen MR) is 79.3 cm³/mol. The first-order valence-electron chi connectivity index (χ1n) is 7.21. The van der Waals surface area contributed by atoms with Crippen LogP contribution >= 0.6 is 0 Å². The van der Waals surface area contributed by atoms with E-state index in [1.54, 1.807) is 0 Å². The summed E-state index contributed by atoms with van der Waals surface area (Å²) in [5, 5.41) is 3.66. The van der Waals surface area contributed by atoms with Crippen molar-refractivity contribution >= 4 is 5.69 Å². The lowest BCUT2D eigenvalue weighted by Gasteiger charge is -2.42. The molecule has 2 atom stereocenters. The quantitative estimate of drug-likeness (QED) is 0.882. The molecule has 1 aromatic rings. The lowest BCUT2D eigenvalue weighted by molar-refractivity contribution is 0.336. The molecule has 1 fully saturated rings. The number of hydrogen-bond acceptors (Lipinski definition) is 2. The van der Waals surface area contributed by atoms with E-state index in [0.717, 1.165) is 19.5 Å². The fourth-order valence-corrected chi connectivity index (χ4v) is 2.76. The zero-order valence-corrected chi connectivity index (χ0v) is 12.1. The molecule has 1 aromatic carbocycles. The lowest BCUT2D eigenvalue weighted by atomic mass is 9.98. The number of piperazine rings is 1. The van der Waals surface area contributed by atoms with Gasteiger partial charge in [0.2, 0.25) is 0 Å². The molecule has 1 aliphatic heterocycles. The van der Waals surface area contributed by atoms with Crippen LogP contribution in [-0.2, 0) is 6.42 Å². The van der Waals surface area contributed by atoms with Crippen molar-refractivity contribution in [3.63, 3.8) is 0 Å². The van der Waals surface area contributed by atoms with Gasteiger partial charge >= 0.3 is 0 Å². The predicted octanol–water partition coefficient (Wildman–Crippen LogP) is 3.07. The van der Waals surface area contributed by atoms with Gasteiger partial charge in [0.25, 0.3) is 0 Å². The van der Waals surface area contributed by atoms with E-state index in [9.17, 15) is 0 Å². The number of nitrogens with one attached hydrogen (secondary N) is 1. The van der Waals surface area contributed by atoms with Crippen molar-refractivity contribution in [2.75, 3.05) is 18.0 Å². The van der Waals surface area contributed by atoms with Crippen LogP contribution in [0.4, 0.5) is 5.69 Å². The highest BCUT2D eigenvalue weighted by atomic mass is 15.2. The standard InChI is InChI=1S/C16H26N2/c1-5-14-8-6-7-9-16(14)18-11-15(12(2)3)17-10-13(18)4/h6-9,12-13,15,17H,5,10-11H2,1-4H3. The number of benzene rings is 1. The SMILES string of the molecule is CCc1ccccc1N1CC(C(C)C)NCC1C. The van der Waals surface area contributed by atoms with Gasteiger partial charge in [0, 0.05) is 30.9 Å². The molecule has 2 nitrogen and oxygen atoms in total. The average Bonchev–Trinajstić information content (AvgIpc) is 2.39. The smallest absolute Gasteiger partial charge is 0.0402 e. The number of anilines is 1. The van der Waals surface area contributed by atoms with E-state index in [1.807, 2.05) is 0 Å². The highest BCUT2D eigenvalue weighted by Crippen LogP contribution is 2.25. The van der Waals surface area contributed by atoms with Gasteiger partial charge in [-0.05, 0) is 30.9 Å². The van der Waals surface area contributed by atoms with Crippen molar-refractivity contribution in [3.05, 3.63) is 29.8 Å². The monoisotopic (exact) mass is 246 g/mol. The van der Waals surface area contributed by atoms with E-state index in [0.29, 0.717) is 18.0 Å². The largest absolute Gasteiger partial charge is 0.366 e. The van der Waals surface area contributed by atoms with Crippen LogP contribution < -0.4 is 10.2 Å². The van der Waals surface area contributed by atoms with E-state index in [-0.39, 0.29) is 0 Å². The molecule has 2 heteroatoms. The van der Waals surface area contributed by atoms with Gasteiger partial charge in [0.15, 0.2) is 0 Å². The molecule has 0 bridgehead atoms. The van der Waals surface area contributed by atoms with Crippen molar-refractivity contribution < 1.29 is 0 Å². The first-order valence-corrected chi connectivity index (χ1v) is 7.21. The highest BCUT2D eigenvalue weighted by Gasteiger charge is 2.27. The topological polar surface area (TPSA) is 15.3 Å². The third-order valence-electron chi connectivity index (χ3n) is 4.09. The van der Waals surface area contributed by atoms with Crippen LogP contribution in [0.1, 0.15) is 33.3 Å². The fourth-order valence-electron chi connectivity index (χ4n) is 2.76. The minimum Gasteiger partial charge on any atom is -0.366 e. The summed E-state index contributed by atoms with van der Waals surface area (Å²) < 4.78 is 0. The number of rotatable bonds is 3. The summed E-state index contributed by atoms with van der Waals surface area (Å²) in [5.41, 5.74) is 2.90. The molecular weight excluding hydrogens is 220 g/mol. The Morgan fingerprint density at radius 2 is 2.06 bits per heavy atom. The molecule has 1 saturated heterocycles. The molecule has 2 unspecified atom stereocenters. The summed E-state index contributed by atoms with van der Waals surface area (Å²) in [5.74, 6) is 0.689. The van der Waals surface area contributed by atoms with E-state index in [4.69, 9.17) is 0 Å². The summed E-state index contributed by atoms with van der Waals surface area (Å²) >= 11 is 0. The Morgan fingerprint density at radius 1 is 1.33 bits per heavy atom. The van der Waals surface area contributed by atoms with Crippen molar-refractivity contribution in [2.45, 2.75) is 46.2 Å². The van der Waals surface area contributed by atoms with Crippen LogP contribution in [0.5, 0.6) is 0 Å². The molecule has 0 amide bonds. The minimum absolute atomic E-state index is 0.577. The molecule has 0 aliphatic carbocycles. The average molecular weight is 246 g/mol. The van der Waals surface area contributed by atoms with Crippen LogP contribution in [0.15, 0.2) is 24.3 Å². The fraction of sp³-hybridized carbons (Fsp3) is 0.625. The zero-order chi connectivity index (χ0) is 13.1. The second-order valence-corrected chi connectivity index (χ2v) is 5.74. The Balaban J connectivity index is 2.24. The van der Waals surface area contributed by atoms with Gasteiger partial charge in [-0.15, -0.1) is 0 Å². The normalized spacial score (nSPS) is 24.6. The second-order valence-electron chi connectivity index (χ2n) is 5.74. The molecule has 0 spiro atoms. The third kappa shape index (κ3) is 2.69. The van der Waals surface area contributed by atoms with Crippen LogP contribution in [0.3, 0.4) is 0 Å². The molecule has 1 heterocycles. The summed E-state index contributed by atoms with van der Waals surface area (Å²) in [6.45, 7) is 11.4. The Hall–Kier alpha value is -1.02. The number of hydrogen-bond donors (Lipinski definition) is 1. The van der Waals surface area contributed by atoms with Crippen LogP contribution in [0.25, 0.3) is 0 Å².